The first-order chi connectivity index (χ1) is 7.24. The standard InChI is InChI=1S/C12H13Cl2N/c1-2-3-7-15-8-6-10-4-5-11(13)9-12(10)14/h1,4-5,9,15H,3,6-8H2. The van der Waals surface area contributed by atoms with E-state index in [4.69, 9.17) is 29.6 Å². The first-order valence-corrected chi connectivity index (χ1v) is 5.57. The topological polar surface area (TPSA) is 12.0 Å². The summed E-state index contributed by atoms with van der Waals surface area (Å²) in [6, 6.07) is 5.57. The molecule has 0 bridgehead atoms. The maximum Gasteiger partial charge on any atom is 0.0453 e. The zero-order valence-corrected chi connectivity index (χ0v) is 9.91. The monoisotopic (exact) mass is 241 g/mol. The number of rotatable bonds is 5. The Morgan fingerprint density at radius 1 is 1.27 bits per heavy atom. The summed E-state index contributed by atoms with van der Waals surface area (Å²) >= 11 is 11.8. The summed E-state index contributed by atoms with van der Waals surface area (Å²) < 4.78 is 0. The molecular formula is C12H13Cl2N. The highest BCUT2D eigenvalue weighted by Gasteiger charge is 2.00. The van der Waals surface area contributed by atoms with Crippen molar-refractivity contribution < 1.29 is 0 Å². The Balaban J connectivity index is 2.35. The molecule has 0 aromatic heterocycles. The number of terminal acetylenes is 1. The maximum atomic E-state index is 6.03. The molecule has 1 nitrogen and oxygen atoms in total. The van der Waals surface area contributed by atoms with Gasteiger partial charge in [0.25, 0.3) is 0 Å². The summed E-state index contributed by atoms with van der Waals surface area (Å²) in [4.78, 5) is 0. The van der Waals surface area contributed by atoms with E-state index < -0.39 is 0 Å². The predicted molar refractivity (Wildman–Crippen MR) is 66.5 cm³/mol. The van der Waals surface area contributed by atoms with Crippen molar-refractivity contribution in [3.63, 3.8) is 0 Å². The van der Waals surface area contributed by atoms with Gasteiger partial charge in [-0.25, -0.2) is 0 Å². The molecule has 0 heterocycles. The van der Waals surface area contributed by atoms with Crippen LogP contribution in [-0.4, -0.2) is 13.1 Å². The minimum absolute atomic E-state index is 0.670. The summed E-state index contributed by atoms with van der Waals surface area (Å²) in [5, 5.41) is 4.64. The zero-order chi connectivity index (χ0) is 11.1. The molecule has 1 aromatic carbocycles. The van der Waals surface area contributed by atoms with Crippen molar-refractivity contribution in [1.82, 2.24) is 5.32 Å². The lowest BCUT2D eigenvalue weighted by Gasteiger charge is -2.05. The normalized spacial score (nSPS) is 9.93. The first-order valence-electron chi connectivity index (χ1n) is 4.82. The molecule has 0 unspecified atom stereocenters. The van der Waals surface area contributed by atoms with Gasteiger partial charge in [0.1, 0.15) is 0 Å². The number of benzene rings is 1. The lowest BCUT2D eigenvalue weighted by molar-refractivity contribution is 0.694. The molecule has 0 spiro atoms. The summed E-state index contributed by atoms with van der Waals surface area (Å²) in [5.74, 6) is 2.58. The van der Waals surface area contributed by atoms with Gasteiger partial charge in [0, 0.05) is 23.0 Å². The van der Waals surface area contributed by atoms with E-state index >= 15 is 0 Å². The summed E-state index contributed by atoms with van der Waals surface area (Å²) in [6.07, 6.45) is 6.78. The minimum atomic E-state index is 0.670. The van der Waals surface area contributed by atoms with Crippen LogP contribution in [0.5, 0.6) is 0 Å². The van der Waals surface area contributed by atoms with E-state index in [2.05, 4.69) is 11.2 Å². The average Bonchev–Trinajstić information content (AvgIpc) is 2.20. The van der Waals surface area contributed by atoms with Crippen LogP contribution < -0.4 is 5.32 Å². The highest BCUT2D eigenvalue weighted by atomic mass is 35.5. The van der Waals surface area contributed by atoms with Gasteiger partial charge in [0.05, 0.1) is 0 Å². The fraction of sp³-hybridized carbons (Fsp3) is 0.333. The smallest absolute Gasteiger partial charge is 0.0453 e. The third kappa shape index (κ3) is 4.57. The fourth-order valence-electron chi connectivity index (χ4n) is 1.23. The molecule has 3 heteroatoms. The van der Waals surface area contributed by atoms with Crippen LogP contribution in [0.15, 0.2) is 18.2 Å². The van der Waals surface area contributed by atoms with E-state index in [1.165, 1.54) is 0 Å². The SMILES string of the molecule is C#CCCNCCc1ccc(Cl)cc1Cl. The molecule has 0 aliphatic rings. The Labute approximate surface area is 101 Å². The van der Waals surface area contributed by atoms with Gasteiger partial charge in [-0.3, -0.25) is 0 Å². The summed E-state index contributed by atoms with van der Waals surface area (Å²) in [5.41, 5.74) is 1.11. The van der Waals surface area contributed by atoms with E-state index in [9.17, 15) is 0 Å². The van der Waals surface area contributed by atoms with Crippen molar-refractivity contribution in [3.8, 4) is 12.3 Å². The van der Waals surface area contributed by atoms with E-state index in [0.29, 0.717) is 5.02 Å². The van der Waals surface area contributed by atoms with Crippen LogP contribution >= 0.6 is 23.2 Å². The van der Waals surface area contributed by atoms with Crippen LogP contribution in [-0.2, 0) is 6.42 Å². The first kappa shape index (κ1) is 12.4. The molecule has 0 saturated heterocycles. The molecule has 0 amide bonds. The van der Waals surface area contributed by atoms with Gasteiger partial charge in [-0.05, 0) is 30.7 Å². The van der Waals surface area contributed by atoms with Crippen molar-refractivity contribution in [3.05, 3.63) is 33.8 Å². The lowest BCUT2D eigenvalue weighted by Crippen LogP contribution is -2.18. The maximum absolute atomic E-state index is 6.03. The molecule has 0 saturated carbocycles. The van der Waals surface area contributed by atoms with Crippen molar-refractivity contribution in [2.24, 2.45) is 0 Å². The van der Waals surface area contributed by atoms with Crippen LogP contribution in [0, 0.1) is 12.3 Å². The van der Waals surface area contributed by atoms with Crippen LogP contribution in [0.1, 0.15) is 12.0 Å². The van der Waals surface area contributed by atoms with Crippen molar-refractivity contribution in [2.75, 3.05) is 13.1 Å². The van der Waals surface area contributed by atoms with Gasteiger partial charge < -0.3 is 5.32 Å². The summed E-state index contributed by atoms with van der Waals surface area (Å²) in [7, 11) is 0. The van der Waals surface area contributed by atoms with Gasteiger partial charge in [-0.1, -0.05) is 29.3 Å². The highest BCUT2D eigenvalue weighted by Crippen LogP contribution is 2.20. The largest absolute Gasteiger partial charge is 0.315 e. The third-order valence-electron chi connectivity index (χ3n) is 2.03. The minimum Gasteiger partial charge on any atom is -0.315 e. The number of hydrogen-bond acceptors (Lipinski definition) is 1. The van der Waals surface area contributed by atoms with Gasteiger partial charge in [-0.15, -0.1) is 12.3 Å². The number of nitrogens with one attached hydrogen (secondary N) is 1. The second-order valence-corrected chi connectivity index (χ2v) is 4.03. The van der Waals surface area contributed by atoms with E-state index in [1.807, 2.05) is 12.1 Å². The van der Waals surface area contributed by atoms with Crippen molar-refractivity contribution >= 4 is 23.2 Å². The number of hydrogen-bond donors (Lipinski definition) is 1. The van der Waals surface area contributed by atoms with Gasteiger partial charge in [0.15, 0.2) is 0 Å². The lowest BCUT2D eigenvalue weighted by atomic mass is 10.1. The Kier molecular flexibility index (Phi) is 5.57. The average molecular weight is 242 g/mol. The fourth-order valence-corrected chi connectivity index (χ4v) is 1.74. The quantitative estimate of drug-likeness (QED) is 0.617. The van der Waals surface area contributed by atoms with Crippen molar-refractivity contribution in [1.29, 1.82) is 0 Å². The molecule has 1 aromatic rings. The molecular weight excluding hydrogens is 229 g/mol. The molecule has 80 valence electrons. The van der Waals surface area contributed by atoms with Crippen LogP contribution in [0.25, 0.3) is 0 Å². The van der Waals surface area contributed by atoms with Crippen molar-refractivity contribution in [2.45, 2.75) is 12.8 Å². The number of halogens is 2. The summed E-state index contributed by atoms with van der Waals surface area (Å²) in [6.45, 7) is 1.73. The van der Waals surface area contributed by atoms with Gasteiger partial charge in [0.2, 0.25) is 0 Å². The Hall–Kier alpha value is -0.680. The molecule has 1 N–H and O–H groups in total. The molecule has 0 atom stereocenters. The Bertz CT molecular complexity index is 355. The predicted octanol–water partition coefficient (Wildman–Crippen LogP) is 3.15. The van der Waals surface area contributed by atoms with Gasteiger partial charge in [-0.2, -0.15) is 0 Å². The van der Waals surface area contributed by atoms with Gasteiger partial charge >= 0.3 is 0 Å². The van der Waals surface area contributed by atoms with E-state index in [-0.39, 0.29) is 0 Å². The third-order valence-corrected chi connectivity index (χ3v) is 2.62. The van der Waals surface area contributed by atoms with Crippen LogP contribution in [0.3, 0.4) is 0 Å². The molecule has 0 aliphatic carbocycles. The molecule has 1 rings (SSSR count). The molecule has 15 heavy (non-hydrogen) atoms. The Morgan fingerprint density at radius 3 is 2.73 bits per heavy atom. The Morgan fingerprint density at radius 2 is 2.07 bits per heavy atom. The van der Waals surface area contributed by atoms with E-state index in [1.54, 1.807) is 6.07 Å². The highest BCUT2D eigenvalue weighted by molar-refractivity contribution is 6.35. The second kappa shape index (κ2) is 6.74. The molecule has 0 aliphatic heterocycles. The van der Waals surface area contributed by atoms with Crippen LogP contribution in [0.2, 0.25) is 10.0 Å². The zero-order valence-electron chi connectivity index (χ0n) is 8.39. The van der Waals surface area contributed by atoms with Crippen LogP contribution in [0.4, 0.5) is 0 Å². The molecule has 0 fully saturated rings. The second-order valence-electron chi connectivity index (χ2n) is 3.19. The van der Waals surface area contributed by atoms with E-state index in [0.717, 1.165) is 36.5 Å². The molecule has 0 radical (unpaired) electrons.